The summed E-state index contributed by atoms with van der Waals surface area (Å²) in [7, 11) is 0. The fraction of sp³-hybridized carbons (Fsp3) is 0.846. The van der Waals surface area contributed by atoms with Crippen molar-refractivity contribution in [3.8, 4) is 0 Å². The number of carbonyl (C=O) groups excluding carboxylic acids is 2. The van der Waals surface area contributed by atoms with Gasteiger partial charge in [-0.3, -0.25) is 4.79 Å². The summed E-state index contributed by atoms with van der Waals surface area (Å²) in [6.07, 6.45) is 1.24. The van der Waals surface area contributed by atoms with Crippen LogP contribution < -0.4 is 0 Å². The van der Waals surface area contributed by atoms with Crippen LogP contribution in [0.1, 0.15) is 47.0 Å². The highest BCUT2D eigenvalue weighted by atomic mass is 16.7. The number of ether oxygens (including phenoxy) is 3. The van der Waals surface area contributed by atoms with Gasteiger partial charge in [0.2, 0.25) is 0 Å². The molecule has 5 nitrogen and oxygen atoms in total. The lowest BCUT2D eigenvalue weighted by Crippen LogP contribution is -2.32. The second kappa shape index (κ2) is 9.74. The molecule has 0 heterocycles. The molecule has 0 aromatic heterocycles. The van der Waals surface area contributed by atoms with Crippen LogP contribution in [0.25, 0.3) is 0 Å². The molecule has 2 unspecified atom stereocenters. The predicted octanol–water partition coefficient (Wildman–Crippen LogP) is 2.92. The average molecular weight is 260 g/mol. The smallest absolute Gasteiger partial charge is 0.466 e. The van der Waals surface area contributed by atoms with E-state index in [1.165, 1.54) is 0 Å². The van der Waals surface area contributed by atoms with Crippen LogP contribution in [0, 0.1) is 5.92 Å². The van der Waals surface area contributed by atoms with E-state index in [0.717, 1.165) is 12.8 Å². The maximum Gasteiger partial charge on any atom is 0.508 e. The molecule has 5 heteroatoms. The highest BCUT2D eigenvalue weighted by molar-refractivity contribution is 5.73. The molecule has 0 spiro atoms. The molecule has 18 heavy (non-hydrogen) atoms. The van der Waals surface area contributed by atoms with E-state index < -0.39 is 18.2 Å². The first kappa shape index (κ1) is 16.7. The van der Waals surface area contributed by atoms with Gasteiger partial charge in [-0.15, -0.1) is 0 Å². The zero-order valence-corrected chi connectivity index (χ0v) is 11.7. The Morgan fingerprint density at radius 3 is 2.17 bits per heavy atom. The summed E-state index contributed by atoms with van der Waals surface area (Å²) in [5, 5.41) is 0. The van der Waals surface area contributed by atoms with E-state index in [1.54, 1.807) is 20.8 Å². The molecule has 0 N–H and O–H groups in total. The van der Waals surface area contributed by atoms with Crippen LogP contribution in [0.3, 0.4) is 0 Å². The number of rotatable bonds is 8. The van der Waals surface area contributed by atoms with Crippen molar-refractivity contribution in [3.63, 3.8) is 0 Å². The summed E-state index contributed by atoms with van der Waals surface area (Å²) >= 11 is 0. The highest BCUT2D eigenvalue weighted by Gasteiger charge is 2.29. The van der Waals surface area contributed by atoms with Crippen molar-refractivity contribution in [2.24, 2.45) is 5.92 Å². The third-order valence-corrected chi connectivity index (χ3v) is 2.57. The van der Waals surface area contributed by atoms with Crippen LogP contribution in [0.4, 0.5) is 4.79 Å². The lowest BCUT2D eigenvalue weighted by molar-refractivity contribution is -0.152. The fourth-order valence-corrected chi connectivity index (χ4v) is 1.60. The maximum absolute atomic E-state index is 11.8. The number of esters is 1. The van der Waals surface area contributed by atoms with Gasteiger partial charge in [0.15, 0.2) is 0 Å². The van der Waals surface area contributed by atoms with Gasteiger partial charge in [-0.05, 0) is 27.2 Å². The summed E-state index contributed by atoms with van der Waals surface area (Å²) in [6, 6.07) is 0. The Morgan fingerprint density at radius 2 is 1.67 bits per heavy atom. The van der Waals surface area contributed by atoms with E-state index in [1.807, 2.05) is 6.92 Å². The Bertz CT molecular complexity index is 252. The van der Waals surface area contributed by atoms with Crippen molar-refractivity contribution < 1.29 is 23.8 Å². The zero-order chi connectivity index (χ0) is 14.0. The second-order valence-electron chi connectivity index (χ2n) is 4.01. The molecular weight excluding hydrogens is 236 g/mol. The quantitative estimate of drug-likeness (QED) is 0.628. The van der Waals surface area contributed by atoms with Crippen LogP contribution in [-0.4, -0.2) is 31.4 Å². The molecule has 0 aliphatic carbocycles. The van der Waals surface area contributed by atoms with Crippen LogP contribution in [0.2, 0.25) is 0 Å². The molecule has 0 bridgehead atoms. The average Bonchev–Trinajstić information content (AvgIpc) is 2.30. The van der Waals surface area contributed by atoms with Crippen LogP contribution in [0.5, 0.6) is 0 Å². The van der Waals surface area contributed by atoms with E-state index >= 15 is 0 Å². The summed E-state index contributed by atoms with van der Waals surface area (Å²) < 4.78 is 14.7. The monoisotopic (exact) mass is 260 g/mol. The van der Waals surface area contributed by atoms with E-state index in [-0.39, 0.29) is 12.6 Å². The topological polar surface area (TPSA) is 61.8 Å². The maximum atomic E-state index is 11.8. The normalized spacial score (nSPS) is 13.6. The molecule has 0 aliphatic heterocycles. The molecule has 0 saturated carbocycles. The van der Waals surface area contributed by atoms with Gasteiger partial charge < -0.3 is 14.2 Å². The molecular formula is C13H24O5. The third-order valence-electron chi connectivity index (χ3n) is 2.57. The van der Waals surface area contributed by atoms with Crippen molar-refractivity contribution >= 4 is 12.1 Å². The van der Waals surface area contributed by atoms with Crippen molar-refractivity contribution in [1.29, 1.82) is 0 Å². The fourth-order valence-electron chi connectivity index (χ4n) is 1.60. The summed E-state index contributed by atoms with van der Waals surface area (Å²) in [4.78, 5) is 23.0. The first-order chi connectivity index (χ1) is 8.56. The largest absolute Gasteiger partial charge is 0.508 e. The van der Waals surface area contributed by atoms with Gasteiger partial charge in [0.25, 0.3) is 0 Å². The second-order valence-corrected chi connectivity index (χ2v) is 4.01. The first-order valence-corrected chi connectivity index (χ1v) is 6.56. The molecule has 0 amide bonds. The number of carbonyl (C=O) groups is 2. The molecule has 106 valence electrons. The van der Waals surface area contributed by atoms with Gasteiger partial charge in [-0.25, -0.2) is 4.79 Å². The van der Waals surface area contributed by atoms with E-state index in [2.05, 4.69) is 0 Å². The Balaban J connectivity index is 4.42. The van der Waals surface area contributed by atoms with Gasteiger partial charge in [0.1, 0.15) is 6.10 Å². The lowest BCUT2D eigenvalue weighted by atomic mass is 9.97. The molecule has 0 saturated heterocycles. The van der Waals surface area contributed by atoms with Gasteiger partial charge in [0, 0.05) is 0 Å². The van der Waals surface area contributed by atoms with E-state index in [0.29, 0.717) is 13.0 Å². The molecule has 0 aliphatic rings. The Kier molecular flexibility index (Phi) is 9.06. The third kappa shape index (κ3) is 6.47. The lowest BCUT2D eigenvalue weighted by Gasteiger charge is -2.21. The van der Waals surface area contributed by atoms with Gasteiger partial charge in [0.05, 0.1) is 19.1 Å². The van der Waals surface area contributed by atoms with Crippen molar-refractivity contribution in [2.45, 2.75) is 53.1 Å². The minimum Gasteiger partial charge on any atom is -0.466 e. The van der Waals surface area contributed by atoms with E-state index in [4.69, 9.17) is 14.2 Å². The standard InChI is InChI=1S/C13H24O5/c1-5-8-9-11(12(14)16-6-2)10(4)18-13(15)17-7-3/h10-11H,5-9H2,1-4H3. The summed E-state index contributed by atoms with van der Waals surface area (Å²) in [5.41, 5.74) is 0. The number of hydrogen-bond acceptors (Lipinski definition) is 5. The molecule has 0 fully saturated rings. The van der Waals surface area contributed by atoms with Crippen LogP contribution in [0.15, 0.2) is 0 Å². The highest BCUT2D eigenvalue weighted by Crippen LogP contribution is 2.18. The predicted molar refractivity (Wildman–Crippen MR) is 67.2 cm³/mol. The first-order valence-electron chi connectivity index (χ1n) is 6.56. The minimum absolute atomic E-state index is 0.255. The SMILES string of the molecule is CCCCC(C(=O)OCC)C(C)OC(=O)OCC. The Labute approximate surface area is 109 Å². The molecule has 0 aromatic carbocycles. The molecule has 0 rings (SSSR count). The Morgan fingerprint density at radius 1 is 1.06 bits per heavy atom. The minimum atomic E-state index is -0.740. The molecule has 0 aromatic rings. The summed E-state index contributed by atoms with van der Waals surface area (Å²) in [5.74, 6) is -0.739. The Hall–Kier alpha value is -1.26. The van der Waals surface area contributed by atoms with Crippen LogP contribution >= 0.6 is 0 Å². The van der Waals surface area contributed by atoms with Crippen molar-refractivity contribution in [1.82, 2.24) is 0 Å². The van der Waals surface area contributed by atoms with Crippen molar-refractivity contribution in [2.75, 3.05) is 13.2 Å². The van der Waals surface area contributed by atoms with Gasteiger partial charge in [-0.1, -0.05) is 19.8 Å². The molecule has 2 atom stereocenters. The van der Waals surface area contributed by atoms with Crippen molar-refractivity contribution in [3.05, 3.63) is 0 Å². The zero-order valence-electron chi connectivity index (χ0n) is 11.7. The van der Waals surface area contributed by atoms with E-state index in [9.17, 15) is 9.59 Å². The summed E-state index contributed by atoms with van der Waals surface area (Å²) in [6.45, 7) is 7.77. The number of unbranched alkanes of at least 4 members (excludes halogenated alkanes) is 1. The molecule has 0 radical (unpaired) electrons. The van der Waals surface area contributed by atoms with Crippen LogP contribution in [-0.2, 0) is 19.0 Å². The number of hydrogen-bond donors (Lipinski definition) is 0. The van der Waals surface area contributed by atoms with Gasteiger partial charge >= 0.3 is 12.1 Å². The van der Waals surface area contributed by atoms with Gasteiger partial charge in [-0.2, -0.15) is 0 Å².